The Bertz CT molecular complexity index is 586. The van der Waals surface area contributed by atoms with E-state index in [4.69, 9.17) is 0 Å². The average molecular weight is 460 g/mol. The highest BCUT2D eigenvalue weighted by molar-refractivity contribution is 9.11. The molecular formula is C14H21Br2FN2O2S. The van der Waals surface area contributed by atoms with E-state index < -0.39 is 15.8 Å². The predicted octanol–water partition coefficient (Wildman–Crippen LogP) is 3.75. The number of nitrogens with zero attached hydrogens (tertiary/aromatic N) is 1. The minimum atomic E-state index is -3.68. The summed E-state index contributed by atoms with van der Waals surface area (Å²) in [6, 6.07) is 2.75. The molecule has 0 spiro atoms. The van der Waals surface area contributed by atoms with E-state index in [0.29, 0.717) is 12.6 Å². The number of unbranched alkanes of at least 4 members (excludes halogenated alkanes) is 1. The summed E-state index contributed by atoms with van der Waals surface area (Å²) in [5, 5.41) is 0. The van der Waals surface area contributed by atoms with Crippen molar-refractivity contribution in [2.45, 2.75) is 37.6 Å². The van der Waals surface area contributed by atoms with Crippen LogP contribution in [0, 0.1) is 5.82 Å². The second kappa shape index (κ2) is 8.73. The summed E-state index contributed by atoms with van der Waals surface area (Å²) in [5.41, 5.74) is 0. The highest BCUT2D eigenvalue weighted by Crippen LogP contribution is 2.30. The van der Waals surface area contributed by atoms with Gasteiger partial charge in [-0.05, 0) is 84.3 Å². The fraction of sp³-hybridized carbons (Fsp3) is 0.571. The minimum Gasteiger partial charge on any atom is -0.304 e. The van der Waals surface area contributed by atoms with Gasteiger partial charge in [-0.15, -0.1) is 0 Å². The lowest BCUT2D eigenvalue weighted by Crippen LogP contribution is -2.29. The van der Waals surface area contributed by atoms with Gasteiger partial charge in [-0.25, -0.2) is 17.5 Å². The predicted molar refractivity (Wildman–Crippen MR) is 94.0 cm³/mol. The van der Waals surface area contributed by atoms with Gasteiger partial charge < -0.3 is 4.90 Å². The van der Waals surface area contributed by atoms with Gasteiger partial charge in [-0.1, -0.05) is 0 Å². The lowest BCUT2D eigenvalue weighted by molar-refractivity contribution is 0.268. The first kappa shape index (κ1) is 20.0. The average Bonchev–Trinajstić information content (AvgIpc) is 2.35. The standard InChI is InChI=1S/C14H21Br2FN2O2S/c1-10(2)19(3)7-5-4-6-18-22(20,21)14-12(15)8-11(17)9-13(14)16/h8-10,18H,4-7H2,1-3H3. The maximum absolute atomic E-state index is 13.2. The number of hydrogen-bond donors (Lipinski definition) is 1. The summed E-state index contributed by atoms with van der Waals surface area (Å²) in [6.07, 6.45) is 1.65. The van der Waals surface area contributed by atoms with Crippen LogP contribution in [0.3, 0.4) is 0 Å². The van der Waals surface area contributed by atoms with Crippen molar-refractivity contribution in [3.8, 4) is 0 Å². The third-order valence-electron chi connectivity index (χ3n) is 3.34. The molecule has 22 heavy (non-hydrogen) atoms. The third-order valence-corrected chi connectivity index (χ3v) is 6.68. The molecule has 0 aliphatic carbocycles. The Morgan fingerprint density at radius 1 is 1.23 bits per heavy atom. The molecule has 0 saturated heterocycles. The molecular weight excluding hydrogens is 439 g/mol. The summed E-state index contributed by atoms with van der Waals surface area (Å²) in [6.45, 7) is 5.51. The Morgan fingerprint density at radius 3 is 2.27 bits per heavy atom. The lowest BCUT2D eigenvalue weighted by Gasteiger charge is -2.20. The molecule has 1 aromatic carbocycles. The number of rotatable bonds is 8. The van der Waals surface area contributed by atoms with Crippen molar-refractivity contribution in [1.29, 1.82) is 0 Å². The highest BCUT2D eigenvalue weighted by atomic mass is 79.9. The Balaban J connectivity index is 2.59. The van der Waals surface area contributed by atoms with Gasteiger partial charge in [0.1, 0.15) is 10.7 Å². The fourth-order valence-corrected chi connectivity index (χ4v) is 5.41. The molecule has 0 atom stereocenters. The van der Waals surface area contributed by atoms with Crippen molar-refractivity contribution in [2.75, 3.05) is 20.1 Å². The smallest absolute Gasteiger partial charge is 0.242 e. The van der Waals surface area contributed by atoms with Crippen molar-refractivity contribution >= 4 is 41.9 Å². The van der Waals surface area contributed by atoms with Crippen LogP contribution in [0.4, 0.5) is 4.39 Å². The largest absolute Gasteiger partial charge is 0.304 e. The van der Waals surface area contributed by atoms with Gasteiger partial charge in [0, 0.05) is 21.5 Å². The Kier molecular flexibility index (Phi) is 7.94. The van der Waals surface area contributed by atoms with Gasteiger partial charge in [0.15, 0.2) is 0 Å². The topological polar surface area (TPSA) is 49.4 Å². The maximum Gasteiger partial charge on any atom is 0.242 e. The normalized spacial score (nSPS) is 12.4. The monoisotopic (exact) mass is 458 g/mol. The van der Waals surface area contributed by atoms with Gasteiger partial charge >= 0.3 is 0 Å². The van der Waals surface area contributed by atoms with Gasteiger partial charge in [-0.2, -0.15) is 0 Å². The van der Waals surface area contributed by atoms with E-state index >= 15 is 0 Å². The minimum absolute atomic E-state index is 0.0215. The first-order valence-electron chi connectivity index (χ1n) is 6.99. The Hall–Kier alpha value is -0.0200. The summed E-state index contributed by atoms with van der Waals surface area (Å²) in [7, 11) is -1.64. The van der Waals surface area contributed by atoms with Crippen molar-refractivity contribution < 1.29 is 12.8 Å². The van der Waals surface area contributed by atoms with Crippen LogP contribution in [-0.2, 0) is 10.0 Å². The second-order valence-electron chi connectivity index (χ2n) is 5.38. The van der Waals surface area contributed by atoms with E-state index in [1.807, 2.05) is 7.05 Å². The van der Waals surface area contributed by atoms with Gasteiger partial charge in [0.2, 0.25) is 10.0 Å². The summed E-state index contributed by atoms with van der Waals surface area (Å²) in [5.74, 6) is -0.505. The van der Waals surface area contributed by atoms with Crippen LogP contribution in [0.1, 0.15) is 26.7 Å². The SMILES string of the molecule is CC(C)N(C)CCCCNS(=O)(=O)c1c(Br)cc(F)cc1Br. The Morgan fingerprint density at radius 2 is 1.77 bits per heavy atom. The zero-order chi connectivity index (χ0) is 16.9. The van der Waals surface area contributed by atoms with E-state index in [-0.39, 0.29) is 13.8 Å². The molecule has 1 rings (SSSR count). The molecule has 0 aliphatic rings. The van der Waals surface area contributed by atoms with Crippen LogP contribution in [-0.4, -0.2) is 39.5 Å². The molecule has 0 unspecified atom stereocenters. The quantitative estimate of drug-likeness (QED) is 0.602. The summed E-state index contributed by atoms with van der Waals surface area (Å²) < 4.78 is 40.7. The zero-order valence-corrected chi connectivity index (χ0v) is 16.9. The molecule has 0 fully saturated rings. The molecule has 4 nitrogen and oxygen atoms in total. The number of hydrogen-bond acceptors (Lipinski definition) is 3. The van der Waals surface area contributed by atoms with Gasteiger partial charge in [0.25, 0.3) is 0 Å². The lowest BCUT2D eigenvalue weighted by atomic mass is 10.2. The Labute approximate surface area is 148 Å². The number of nitrogens with one attached hydrogen (secondary N) is 1. The molecule has 0 radical (unpaired) electrons. The van der Waals surface area contributed by atoms with Crippen LogP contribution in [0.5, 0.6) is 0 Å². The van der Waals surface area contributed by atoms with E-state index in [9.17, 15) is 12.8 Å². The molecule has 1 aromatic rings. The van der Waals surface area contributed by atoms with Crippen LogP contribution in [0.2, 0.25) is 0 Å². The molecule has 8 heteroatoms. The van der Waals surface area contributed by atoms with Crippen LogP contribution in [0.25, 0.3) is 0 Å². The fourth-order valence-electron chi connectivity index (χ4n) is 1.81. The molecule has 1 N–H and O–H groups in total. The molecule has 0 heterocycles. The molecule has 0 aromatic heterocycles. The van der Waals surface area contributed by atoms with Crippen LogP contribution >= 0.6 is 31.9 Å². The molecule has 126 valence electrons. The summed E-state index contributed by atoms with van der Waals surface area (Å²) in [4.78, 5) is 2.23. The van der Waals surface area contributed by atoms with E-state index in [1.165, 1.54) is 0 Å². The van der Waals surface area contributed by atoms with E-state index in [0.717, 1.165) is 31.5 Å². The van der Waals surface area contributed by atoms with Gasteiger partial charge in [-0.3, -0.25) is 0 Å². The number of benzene rings is 1. The van der Waals surface area contributed by atoms with Gasteiger partial charge in [0.05, 0.1) is 0 Å². The number of halogens is 3. The number of sulfonamides is 1. The molecule has 0 saturated carbocycles. The highest BCUT2D eigenvalue weighted by Gasteiger charge is 2.21. The molecule has 0 bridgehead atoms. The van der Waals surface area contributed by atoms with Crippen molar-refractivity contribution in [2.24, 2.45) is 0 Å². The van der Waals surface area contributed by atoms with Crippen molar-refractivity contribution in [1.82, 2.24) is 9.62 Å². The first-order chi connectivity index (χ1) is 10.1. The third kappa shape index (κ3) is 5.88. The van der Waals surface area contributed by atoms with Crippen molar-refractivity contribution in [3.63, 3.8) is 0 Å². The molecule has 0 amide bonds. The van der Waals surface area contributed by atoms with Crippen molar-refractivity contribution in [3.05, 3.63) is 26.9 Å². The second-order valence-corrected chi connectivity index (χ2v) is 8.79. The summed E-state index contributed by atoms with van der Waals surface area (Å²) >= 11 is 6.19. The first-order valence-corrected chi connectivity index (χ1v) is 10.1. The van der Waals surface area contributed by atoms with E-state index in [1.54, 1.807) is 0 Å². The van der Waals surface area contributed by atoms with E-state index in [2.05, 4.69) is 55.3 Å². The van der Waals surface area contributed by atoms with Crippen LogP contribution in [0.15, 0.2) is 26.0 Å². The zero-order valence-electron chi connectivity index (χ0n) is 12.9. The molecule has 0 aliphatic heterocycles. The maximum atomic E-state index is 13.2. The van der Waals surface area contributed by atoms with Crippen LogP contribution < -0.4 is 4.72 Å².